The van der Waals surface area contributed by atoms with E-state index in [1.54, 1.807) is 0 Å². The Hall–Kier alpha value is -3.84. The highest BCUT2D eigenvalue weighted by molar-refractivity contribution is 14.1. The van der Waals surface area contributed by atoms with Crippen molar-refractivity contribution >= 4 is 51.2 Å². The number of benzene rings is 4. The van der Waals surface area contributed by atoms with Crippen molar-refractivity contribution in [1.82, 2.24) is 0 Å². The van der Waals surface area contributed by atoms with Crippen molar-refractivity contribution in [3.8, 4) is 0 Å². The van der Waals surface area contributed by atoms with Gasteiger partial charge < -0.3 is 5.32 Å². The second kappa shape index (κ2) is 9.97. The van der Waals surface area contributed by atoms with Crippen LogP contribution in [0.1, 0.15) is 22.3 Å². The van der Waals surface area contributed by atoms with Gasteiger partial charge in [-0.25, -0.2) is 0 Å². The van der Waals surface area contributed by atoms with Crippen molar-refractivity contribution in [3.05, 3.63) is 141 Å². The van der Waals surface area contributed by atoms with Gasteiger partial charge in [-0.2, -0.15) is 0 Å². The molecule has 0 atom stereocenters. The van der Waals surface area contributed by atoms with Crippen LogP contribution in [0.25, 0.3) is 5.57 Å². The third-order valence-corrected chi connectivity index (χ3v) is 6.55. The molecule has 0 saturated heterocycles. The van der Waals surface area contributed by atoms with Crippen LogP contribution in [-0.2, 0) is 4.79 Å². The molecule has 1 N–H and O–H groups in total. The average molecular weight is 553 g/mol. The quantitative estimate of drug-likeness (QED) is 0.166. The molecule has 0 fully saturated rings. The normalized spacial score (nSPS) is 14.0. The fourth-order valence-corrected chi connectivity index (χ4v) is 4.92. The van der Waals surface area contributed by atoms with E-state index in [4.69, 9.17) is 0 Å². The predicted molar refractivity (Wildman–Crippen MR) is 148 cm³/mol. The summed E-state index contributed by atoms with van der Waals surface area (Å²) in [5, 5.41) is 12.0. The Kier molecular flexibility index (Phi) is 6.44. The molecule has 0 aromatic heterocycles. The van der Waals surface area contributed by atoms with Crippen LogP contribution < -0.4 is 5.32 Å². The number of rotatable bonds is 5. The number of hydrogen-bond acceptors (Lipinski definition) is 3. The van der Waals surface area contributed by atoms with E-state index in [1.807, 2.05) is 91.0 Å². The number of anilines is 1. The summed E-state index contributed by atoms with van der Waals surface area (Å²) in [6.45, 7) is 0. The fourth-order valence-electron chi connectivity index (χ4n) is 3.87. The van der Waals surface area contributed by atoms with Crippen LogP contribution in [0.3, 0.4) is 0 Å². The van der Waals surface area contributed by atoms with Crippen molar-refractivity contribution < 1.29 is 4.79 Å². The largest absolute Gasteiger partial charge is 0.320 e. The highest BCUT2D eigenvalue weighted by Crippen LogP contribution is 2.33. The first-order valence-electron chi connectivity index (χ1n) is 10.8. The van der Waals surface area contributed by atoms with Crippen molar-refractivity contribution in [2.24, 2.45) is 10.2 Å². The number of halogens is 1. The third-order valence-electron chi connectivity index (χ3n) is 5.50. The number of nitrogens with one attached hydrogen (secondary N) is 1. The summed E-state index contributed by atoms with van der Waals surface area (Å²) >= 11 is 2.35. The lowest BCUT2D eigenvalue weighted by Gasteiger charge is -2.14. The maximum Gasteiger partial charge on any atom is 0.276 e. The van der Waals surface area contributed by atoms with Crippen LogP contribution in [0.15, 0.2) is 129 Å². The minimum Gasteiger partial charge on any atom is -0.320 e. The zero-order valence-electron chi connectivity index (χ0n) is 18.2. The first-order valence-corrected chi connectivity index (χ1v) is 11.9. The first-order chi connectivity index (χ1) is 16.7. The summed E-state index contributed by atoms with van der Waals surface area (Å²) in [5.41, 5.74) is 6.67. The van der Waals surface area contributed by atoms with Crippen LogP contribution in [0.5, 0.6) is 0 Å². The summed E-state index contributed by atoms with van der Waals surface area (Å²) in [6, 6.07) is 38.0. The van der Waals surface area contributed by atoms with Crippen molar-refractivity contribution in [2.75, 3.05) is 5.32 Å². The number of allylic oxidation sites excluding steroid dienone is 1. The molecule has 1 heterocycles. The fraction of sp³-hybridized carbons (Fsp3) is 0. The summed E-state index contributed by atoms with van der Waals surface area (Å²) in [5.74, 6) is -0.248. The molecule has 164 valence electrons. The average Bonchev–Trinajstić information content (AvgIpc) is 3.21. The number of nitrogens with zero attached hydrogens (tertiary/aromatic N) is 2. The molecule has 0 aliphatic carbocycles. The molecule has 4 aromatic rings. The predicted octanol–water partition coefficient (Wildman–Crippen LogP) is 6.73. The zero-order valence-corrected chi connectivity index (χ0v) is 20.3. The van der Waals surface area contributed by atoms with Gasteiger partial charge in [-0.05, 0) is 39.8 Å². The Labute approximate surface area is 211 Å². The molecule has 0 saturated carbocycles. The SMILES string of the molecule is O=C1Nc2ccccc2/C1=N/N=C(/C(I)=C(c1ccccc1)c1ccccc1)c1ccccc1. The van der Waals surface area contributed by atoms with E-state index in [1.165, 1.54) is 0 Å². The zero-order chi connectivity index (χ0) is 23.3. The Bertz CT molecular complexity index is 1380. The molecule has 1 aliphatic rings. The molecule has 0 spiro atoms. The molecule has 4 aromatic carbocycles. The number of carbonyl (C=O) groups is 1. The van der Waals surface area contributed by atoms with E-state index in [2.05, 4.69) is 62.4 Å². The smallest absolute Gasteiger partial charge is 0.276 e. The van der Waals surface area contributed by atoms with Crippen molar-refractivity contribution in [2.45, 2.75) is 0 Å². The number of carbonyl (C=O) groups excluding carboxylic acids is 1. The molecular formula is C29H20IN3O. The Balaban J connectivity index is 1.73. The number of hydrogen-bond donors (Lipinski definition) is 1. The van der Waals surface area contributed by atoms with Crippen molar-refractivity contribution in [1.29, 1.82) is 0 Å². The van der Waals surface area contributed by atoms with Gasteiger partial charge in [0.25, 0.3) is 5.91 Å². The lowest BCUT2D eigenvalue weighted by atomic mass is 9.95. The molecule has 34 heavy (non-hydrogen) atoms. The number of fused-ring (bicyclic) bond motifs is 1. The Morgan fingerprint density at radius 3 is 1.74 bits per heavy atom. The Morgan fingerprint density at radius 1 is 0.647 bits per heavy atom. The molecule has 0 radical (unpaired) electrons. The van der Waals surface area contributed by atoms with Gasteiger partial charge >= 0.3 is 0 Å². The van der Waals surface area contributed by atoms with E-state index in [0.717, 1.165) is 37.1 Å². The molecule has 0 bridgehead atoms. The van der Waals surface area contributed by atoms with Gasteiger partial charge in [0.15, 0.2) is 5.71 Å². The lowest BCUT2D eigenvalue weighted by molar-refractivity contribution is -0.110. The van der Waals surface area contributed by atoms with Gasteiger partial charge in [-0.15, -0.1) is 10.2 Å². The van der Waals surface area contributed by atoms with Crippen LogP contribution in [0.2, 0.25) is 0 Å². The summed E-state index contributed by atoms with van der Waals surface area (Å²) < 4.78 is 0.942. The maximum atomic E-state index is 12.6. The summed E-state index contributed by atoms with van der Waals surface area (Å²) in [7, 11) is 0. The lowest BCUT2D eigenvalue weighted by Crippen LogP contribution is -2.14. The molecule has 5 rings (SSSR count). The molecule has 1 amide bonds. The van der Waals surface area contributed by atoms with Gasteiger partial charge in [0.2, 0.25) is 0 Å². The highest BCUT2D eigenvalue weighted by atomic mass is 127. The van der Waals surface area contributed by atoms with Gasteiger partial charge in [-0.1, -0.05) is 109 Å². The first kappa shape index (κ1) is 22.0. The second-order valence-electron chi connectivity index (χ2n) is 7.68. The van der Waals surface area contributed by atoms with Crippen molar-refractivity contribution in [3.63, 3.8) is 0 Å². The highest BCUT2D eigenvalue weighted by Gasteiger charge is 2.26. The Morgan fingerprint density at radius 2 is 1.15 bits per heavy atom. The number of amides is 1. The number of para-hydroxylation sites is 1. The van der Waals surface area contributed by atoms with E-state index in [-0.39, 0.29) is 5.91 Å². The molecule has 0 unspecified atom stereocenters. The van der Waals surface area contributed by atoms with Crippen LogP contribution in [0, 0.1) is 0 Å². The van der Waals surface area contributed by atoms with Crippen LogP contribution in [0.4, 0.5) is 5.69 Å². The monoisotopic (exact) mass is 553 g/mol. The van der Waals surface area contributed by atoms with Gasteiger partial charge in [-0.3, -0.25) is 4.79 Å². The van der Waals surface area contributed by atoms with Gasteiger partial charge in [0.1, 0.15) is 5.71 Å². The van der Waals surface area contributed by atoms with E-state index in [0.29, 0.717) is 11.4 Å². The second-order valence-corrected chi connectivity index (χ2v) is 8.76. The summed E-state index contributed by atoms with van der Waals surface area (Å²) in [6.07, 6.45) is 0. The minimum atomic E-state index is -0.248. The van der Waals surface area contributed by atoms with Gasteiger partial charge in [0, 0.05) is 20.3 Å². The molecular weight excluding hydrogens is 533 g/mol. The standard InChI is InChI=1S/C29H20IN3O/c30-26(25(20-12-4-1-5-13-20)21-14-6-2-7-15-21)27(22-16-8-3-9-17-22)32-33-28-23-18-10-11-19-24(23)31-29(28)34/h1-19H,(H,31,33,34)/b32-27+. The van der Waals surface area contributed by atoms with E-state index >= 15 is 0 Å². The summed E-state index contributed by atoms with van der Waals surface area (Å²) in [4.78, 5) is 12.6. The molecule has 1 aliphatic heterocycles. The van der Waals surface area contributed by atoms with Crippen LogP contribution >= 0.6 is 22.6 Å². The minimum absolute atomic E-state index is 0.248. The van der Waals surface area contributed by atoms with Crippen LogP contribution in [-0.4, -0.2) is 17.3 Å². The molecule has 5 heteroatoms. The van der Waals surface area contributed by atoms with E-state index < -0.39 is 0 Å². The third kappa shape index (κ3) is 4.47. The topological polar surface area (TPSA) is 53.8 Å². The maximum absolute atomic E-state index is 12.6. The van der Waals surface area contributed by atoms with E-state index in [9.17, 15) is 4.79 Å². The molecule has 4 nitrogen and oxygen atoms in total. The van der Waals surface area contributed by atoms with Gasteiger partial charge in [0.05, 0.1) is 5.69 Å².